The monoisotopic (exact) mass is 288 g/mol. The molecule has 5 heteroatoms. The van der Waals surface area contributed by atoms with Crippen LogP contribution in [0.4, 0.5) is 17.1 Å². The lowest BCUT2D eigenvalue weighted by Crippen LogP contribution is -2.07. The van der Waals surface area contributed by atoms with Gasteiger partial charge in [0.1, 0.15) is 0 Å². The third-order valence-corrected chi connectivity index (χ3v) is 3.57. The summed E-state index contributed by atoms with van der Waals surface area (Å²) in [4.78, 5) is 12.9. The van der Waals surface area contributed by atoms with Crippen molar-refractivity contribution in [3.05, 3.63) is 48.0 Å². The molecule has 0 bridgehead atoms. The second-order valence-corrected chi connectivity index (χ2v) is 5.00. The average Bonchev–Trinajstić information content (AvgIpc) is 2.48. The molecule has 0 radical (unpaired) electrons. The van der Waals surface area contributed by atoms with Crippen LogP contribution >= 0.6 is 11.8 Å². The summed E-state index contributed by atoms with van der Waals surface area (Å²) < 4.78 is 4.78. The van der Waals surface area contributed by atoms with Gasteiger partial charge in [-0.15, -0.1) is 11.8 Å². The number of nitrogen functional groups attached to an aromatic ring is 1. The third-order valence-electron chi connectivity index (χ3n) is 2.84. The summed E-state index contributed by atoms with van der Waals surface area (Å²) in [7, 11) is 1.35. The van der Waals surface area contributed by atoms with Gasteiger partial charge in [0.15, 0.2) is 0 Å². The predicted molar refractivity (Wildman–Crippen MR) is 83.7 cm³/mol. The first-order valence-electron chi connectivity index (χ1n) is 6.03. The highest BCUT2D eigenvalue weighted by Crippen LogP contribution is 2.29. The molecule has 0 saturated heterocycles. The van der Waals surface area contributed by atoms with E-state index in [0.717, 1.165) is 10.6 Å². The number of rotatable bonds is 4. The van der Waals surface area contributed by atoms with Crippen molar-refractivity contribution >= 4 is 34.8 Å². The summed E-state index contributed by atoms with van der Waals surface area (Å²) in [5, 5.41) is 3.19. The van der Waals surface area contributed by atoms with E-state index in [2.05, 4.69) is 5.32 Å². The number of thioether (sulfide) groups is 1. The minimum atomic E-state index is -0.416. The van der Waals surface area contributed by atoms with E-state index in [4.69, 9.17) is 10.5 Å². The van der Waals surface area contributed by atoms with Gasteiger partial charge in [0, 0.05) is 10.6 Å². The highest BCUT2D eigenvalue weighted by atomic mass is 32.2. The number of anilines is 3. The zero-order valence-corrected chi connectivity index (χ0v) is 12.2. The molecule has 0 heterocycles. The number of hydrogen-bond acceptors (Lipinski definition) is 5. The Bertz CT molecular complexity index is 629. The summed E-state index contributed by atoms with van der Waals surface area (Å²) in [5.41, 5.74) is 8.32. The molecule has 0 aromatic heterocycles. The first-order valence-corrected chi connectivity index (χ1v) is 7.26. The van der Waals surface area contributed by atoms with Gasteiger partial charge < -0.3 is 15.8 Å². The molecule has 0 unspecified atom stereocenters. The molecule has 2 rings (SSSR count). The standard InChI is InChI=1S/C15H16N2O2S/c1-19-15(18)12-7-4-8-13(16)14(12)17-10-5-3-6-11(9-10)20-2/h3-9,17H,16H2,1-2H3. The molecule has 0 fully saturated rings. The summed E-state index contributed by atoms with van der Waals surface area (Å²) in [6.45, 7) is 0. The Morgan fingerprint density at radius 2 is 2.00 bits per heavy atom. The molecule has 2 aromatic rings. The molecule has 104 valence electrons. The van der Waals surface area contributed by atoms with Gasteiger partial charge in [-0.3, -0.25) is 0 Å². The minimum absolute atomic E-state index is 0.416. The van der Waals surface area contributed by atoms with Crippen LogP contribution in [-0.4, -0.2) is 19.3 Å². The number of ether oxygens (including phenoxy) is 1. The van der Waals surface area contributed by atoms with Crippen LogP contribution in [0.3, 0.4) is 0 Å². The van der Waals surface area contributed by atoms with Gasteiger partial charge in [-0.25, -0.2) is 4.79 Å². The van der Waals surface area contributed by atoms with E-state index in [1.165, 1.54) is 7.11 Å². The molecule has 0 spiro atoms. The Kier molecular flexibility index (Phi) is 4.53. The van der Waals surface area contributed by atoms with E-state index < -0.39 is 5.97 Å². The summed E-state index contributed by atoms with van der Waals surface area (Å²) >= 11 is 1.65. The molecule has 4 nitrogen and oxygen atoms in total. The number of nitrogens with one attached hydrogen (secondary N) is 1. The molecule has 0 aliphatic rings. The van der Waals surface area contributed by atoms with Gasteiger partial charge >= 0.3 is 5.97 Å². The minimum Gasteiger partial charge on any atom is -0.465 e. The zero-order chi connectivity index (χ0) is 14.5. The number of esters is 1. The fraction of sp³-hybridized carbons (Fsp3) is 0.133. The predicted octanol–water partition coefficient (Wildman–Crippen LogP) is 3.52. The lowest BCUT2D eigenvalue weighted by Gasteiger charge is -2.13. The van der Waals surface area contributed by atoms with Gasteiger partial charge in [-0.1, -0.05) is 12.1 Å². The maximum Gasteiger partial charge on any atom is 0.340 e. The Balaban J connectivity index is 2.39. The summed E-state index contributed by atoms with van der Waals surface area (Å²) in [5.74, 6) is -0.416. The largest absolute Gasteiger partial charge is 0.465 e. The molecular weight excluding hydrogens is 272 g/mol. The van der Waals surface area contributed by atoms with Gasteiger partial charge in [0.25, 0.3) is 0 Å². The molecule has 3 N–H and O–H groups in total. The Morgan fingerprint density at radius 3 is 2.70 bits per heavy atom. The molecule has 0 atom stereocenters. The van der Waals surface area contributed by atoms with Crippen LogP contribution in [0.1, 0.15) is 10.4 Å². The van der Waals surface area contributed by atoms with Crippen LogP contribution in [0.2, 0.25) is 0 Å². The molecular formula is C15H16N2O2S. The van der Waals surface area contributed by atoms with E-state index in [1.54, 1.807) is 30.0 Å². The SMILES string of the molecule is COC(=O)c1cccc(N)c1Nc1cccc(SC)c1. The van der Waals surface area contributed by atoms with Crippen molar-refractivity contribution in [2.45, 2.75) is 4.90 Å². The number of carbonyl (C=O) groups excluding carboxylic acids is 1. The van der Waals surface area contributed by atoms with Crippen molar-refractivity contribution in [3.63, 3.8) is 0 Å². The second kappa shape index (κ2) is 6.34. The van der Waals surface area contributed by atoms with Crippen molar-refractivity contribution in [1.82, 2.24) is 0 Å². The van der Waals surface area contributed by atoms with Crippen molar-refractivity contribution in [2.75, 3.05) is 24.4 Å². The van der Waals surface area contributed by atoms with Crippen molar-refractivity contribution in [1.29, 1.82) is 0 Å². The number of methoxy groups -OCH3 is 1. The summed E-state index contributed by atoms with van der Waals surface area (Å²) in [6, 6.07) is 13.0. The molecule has 2 aromatic carbocycles. The van der Waals surface area contributed by atoms with Crippen LogP contribution in [0.25, 0.3) is 0 Å². The second-order valence-electron chi connectivity index (χ2n) is 4.12. The van der Waals surface area contributed by atoms with Gasteiger partial charge in [-0.2, -0.15) is 0 Å². The molecule has 0 amide bonds. The van der Waals surface area contributed by atoms with Gasteiger partial charge in [-0.05, 0) is 36.6 Å². The first-order chi connectivity index (χ1) is 9.65. The fourth-order valence-electron chi connectivity index (χ4n) is 1.83. The van der Waals surface area contributed by atoms with E-state index in [9.17, 15) is 4.79 Å². The van der Waals surface area contributed by atoms with E-state index >= 15 is 0 Å². The van der Waals surface area contributed by atoms with E-state index in [0.29, 0.717) is 16.9 Å². The molecule has 0 saturated carbocycles. The smallest absolute Gasteiger partial charge is 0.340 e. The van der Waals surface area contributed by atoms with Crippen LogP contribution in [0.5, 0.6) is 0 Å². The van der Waals surface area contributed by atoms with Gasteiger partial charge in [0.2, 0.25) is 0 Å². The Hall–Kier alpha value is -2.14. The number of hydrogen-bond donors (Lipinski definition) is 2. The normalized spacial score (nSPS) is 10.1. The van der Waals surface area contributed by atoms with Crippen molar-refractivity contribution in [2.24, 2.45) is 0 Å². The first kappa shape index (κ1) is 14.3. The zero-order valence-electron chi connectivity index (χ0n) is 11.3. The Morgan fingerprint density at radius 1 is 1.25 bits per heavy atom. The number of para-hydroxylation sites is 1. The average molecular weight is 288 g/mol. The van der Waals surface area contributed by atoms with Crippen LogP contribution < -0.4 is 11.1 Å². The topological polar surface area (TPSA) is 64.3 Å². The maximum atomic E-state index is 11.8. The number of carbonyl (C=O) groups is 1. The van der Waals surface area contributed by atoms with E-state index in [-0.39, 0.29) is 0 Å². The molecule has 0 aliphatic heterocycles. The highest BCUT2D eigenvalue weighted by molar-refractivity contribution is 7.98. The number of benzene rings is 2. The number of nitrogens with two attached hydrogens (primary N) is 1. The maximum absolute atomic E-state index is 11.8. The van der Waals surface area contributed by atoms with Crippen LogP contribution in [0, 0.1) is 0 Å². The van der Waals surface area contributed by atoms with Crippen LogP contribution in [-0.2, 0) is 4.74 Å². The molecule has 0 aliphatic carbocycles. The highest BCUT2D eigenvalue weighted by Gasteiger charge is 2.14. The fourth-order valence-corrected chi connectivity index (χ4v) is 2.29. The van der Waals surface area contributed by atoms with Crippen LogP contribution in [0.15, 0.2) is 47.4 Å². The summed E-state index contributed by atoms with van der Waals surface area (Å²) in [6.07, 6.45) is 2.01. The lowest BCUT2D eigenvalue weighted by atomic mass is 10.1. The molecule has 20 heavy (non-hydrogen) atoms. The lowest BCUT2D eigenvalue weighted by molar-refractivity contribution is 0.0602. The van der Waals surface area contributed by atoms with Gasteiger partial charge in [0.05, 0.1) is 24.0 Å². The van der Waals surface area contributed by atoms with Crippen molar-refractivity contribution in [3.8, 4) is 0 Å². The Labute approximate surface area is 122 Å². The van der Waals surface area contributed by atoms with Crippen molar-refractivity contribution < 1.29 is 9.53 Å². The third kappa shape index (κ3) is 3.05. The quantitative estimate of drug-likeness (QED) is 0.512. The van der Waals surface area contributed by atoms with E-state index in [1.807, 2.05) is 30.5 Å².